The average Bonchev–Trinajstić information content (AvgIpc) is 2.70. The Hall–Kier alpha value is -2.32. The zero-order chi connectivity index (χ0) is 21.9. The summed E-state index contributed by atoms with van der Waals surface area (Å²) >= 11 is 6.08. The number of likely N-dealkylation sites (N-methyl/N-ethyl adjacent to an activating group) is 1. The number of aliphatic hydroxyl groups excluding tert-OH is 1. The Balaban J connectivity index is 1.87. The first-order valence-corrected chi connectivity index (χ1v) is 10.1. The van der Waals surface area contributed by atoms with Gasteiger partial charge in [0.1, 0.15) is 5.75 Å². The molecule has 1 atom stereocenters. The van der Waals surface area contributed by atoms with Crippen LogP contribution in [0.4, 0.5) is 10.5 Å². The molecule has 2 aromatic carbocycles. The van der Waals surface area contributed by atoms with E-state index in [-0.39, 0.29) is 19.3 Å². The van der Waals surface area contributed by atoms with Gasteiger partial charge in [0.2, 0.25) is 0 Å². The average molecular weight is 437 g/mol. The predicted octanol–water partition coefficient (Wildman–Crippen LogP) is 4.40. The van der Waals surface area contributed by atoms with Gasteiger partial charge in [-0.2, -0.15) is 0 Å². The van der Waals surface area contributed by atoms with Crippen molar-refractivity contribution in [3.8, 4) is 11.5 Å². The SMILES string of the molecule is CC(C)OCCOCC(O)CN(C)C(=O)Nc1cc(Cl)ccc1Oc1ccccc1. The van der Waals surface area contributed by atoms with E-state index in [2.05, 4.69) is 5.32 Å². The van der Waals surface area contributed by atoms with Crippen LogP contribution in [-0.4, -0.2) is 61.7 Å². The molecule has 7 nitrogen and oxygen atoms in total. The van der Waals surface area contributed by atoms with Crippen LogP contribution in [0.1, 0.15) is 13.8 Å². The molecule has 0 aliphatic heterocycles. The van der Waals surface area contributed by atoms with E-state index in [0.717, 1.165) is 0 Å². The summed E-state index contributed by atoms with van der Waals surface area (Å²) in [7, 11) is 1.59. The summed E-state index contributed by atoms with van der Waals surface area (Å²) in [5, 5.41) is 13.3. The predicted molar refractivity (Wildman–Crippen MR) is 118 cm³/mol. The number of amides is 2. The lowest BCUT2D eigenvalue weighted by atomic mass is 10.3. The lowest BCUT2D eigenvalue weighted by molar-refractivity contribution is -0.0144. The smallest absolute Gasteiger partial charge is 0.321 e. The zero-order valence-corrected chi connectivity index (χ0v) is 18.3. The molecule has 2 rings (SSSR count). The molecular weight excluding hydrogens is 408 g/mol. The number of nitrogens with one attached hydrogen (secondary N) is 1. The second-order valence-corrected chi connectivity index (χ2v) is 7.45. The number of para-hydroxylation sites is 1. The normalized spacial score (nSPS) is 11.9. The topological polar surface area (TPSA) is 80.3 Å². The minimum absolute atomic E-state index is 0.103. The van der Waals surface area contributed by atoms with Crippen LogP contribution < -0.4 is 10.1 Å². The third-order valence-electron chi connectivity index (χ3n) is 3.97. The first-order valence-electron chi connectivity index (χ1n) is 9.77. The Bertz CT molecular complexity index is 788. The fourth-order valence-corrected chi connectivity index (χ4v) is 2.70. The highest BCUT2D eigenvalue weighted by molar-refractivity contribution is 6.31. The van der Waals surface area contributed by atoms with Crippen LogP contribution in [0.3, 0.4) is 0 Å². The van der Waals surface area contributed by atoms with Gasteiger partial charge in [0, 0.05) is 12.1 Å². The standard InChI is InChI=1S/C22H29ClN2O5/c1-16(2)29-12-11-28-15-18(26)14-25(3)22(27)24-20-13-17(23)9-10-21(20)30-19-7-5-4-6-8-19/h4-10,13,16,18,26H,11-12,14-15H2,1-3H3,(H,24,27). The van der Waals surface area contributed by atoms with E-state index in [1.165, 1.54) is 4.90 Å². The molecule has 0 saturated carbocycles. The lowest BCUT2D eigenvalue weighted by Crippen LogP contribution is -2.39. The van der Waals surface area contributed by atoms with Crippen molar-refractivity contribution >= 4 is 23.3 Å². The molecule has 0 fully saturated rings. The maximum absolute atomic E-state index is 12.6. The quantitative estimate of drug-likeness (QED) is 0.510. The van der Waals surface area contributed by atoms with E-state index in [1.54, 1.807) is 25.2 Å². The number of urea groups is 1. The van der Waals surface area contributed by atoms with Crippen LogP contribution >= 0.6 is 11.6 Å². The summed E-state index contributed by atoms with van der Waals surface area (Å²) in [5.74, 6) is 1.10. The number of anilines is 1. The second-order valence-electron chi connectivity index (χ2n) is 7.01. The Morgan fingerprint density at radius 2 is 1.90 bits per heavy atom. The third-order valence-corrected chi connectivity index (χ3v) is 4.21. The lowest BCUT2D eigenvalue weighted by Gasteiger charge is -2.22. The van der Waals surface area contributed by atoms with Crippen molar-refractivity contribution in [2.45, 2.75) is 26.1 Å². The van der Waals surface area contributed by atoms with Gasteiger partial charge in [0.25, 0.3) is 0 Å². The number of nitrogens with zero attached hydrogens (tertiary/aromatic N) is 1. The third kappa shape index (κ3) is 8.59. The van der Waals surface area contributed by atoms with Crippen molar-refractivity contribution in [1.82, 2.24) is 4.90 Å². The van der Waals surface area contributed by atoms with Crippen LogP contribution in [0.15, 0.2) is 48.5 Å². The highest BCUT2D eigenvalue weighted by Crippen LogP contribution is 2.32. The van der Waals surface area contributed by atoms with E-state index in [1.807, 2.05) is 44.2 Å². The maximum Gasteiger partial charge on any atom is 0.321 e. The van der Waals surface area contributed by atoms with Gasteiger partial charge in [0.15, 0.2) is 5.75 Å². The van der Waals surface area contributed by atoms with Gasteiger partial charge < -0.3 is 29.5 Å². The number of benzene rings is 2. The Morgan fingerprint density at radius 1 is 1.17 bits per heavy atom. The number of carbonyl (C=O) groups is 1. The van der Waals surface area contributed by atoms with E-state index < -0.39 is 12.1 Å². The number of ether oxygens (including phenoxy) is 3. The summed E-state index contributed by atoms with van der Waals surface area (Å²) < 4.78 is 16.6. The van der Waals surface area contributed by atoms with E-state index in [4.69, 9.17) is 25.8 Å². The van der Waals surface area contributed by atoms with Crippen molar-refractivity contribution < 1.29 is 24.1 Å². The van der Waals surface area contributed by atoms with Crippen molar-refractivity contribution in [3.05, 3.63) is 53.6 Å². The molecule has 0 saturated heterocycles. The molecule has 0 spiro atoms. The van der Waals surface area contributed by atoms with Crippen molar-refractivity contribution in [2.75, 3.05) is 38.7 Å². The van der Waals surface area contributed by atoms with Crippen LogP contribution in [0.5, 0.6) is 11.5 Å². The summed E-state index contributed by atoms with van der Waals surface area (Å²) in [6, 6.07) is 13.8. The Morgan fingerprint density at radius 3 is 2.60 bits per heavy atom. The molecule has 0 radical (unpaired) electrons. The summed E-state index contributed by atoms with van der Waals surface area (Å²) in [6.07, 6.45) is -0.685. The number of hydrogen-bond acceptors (Lipinski definition) is 5. The molecule has 0 heterocycles. The maximum atomic E-state index is 12.6. The molecule has 2 aromatic rings. The number of carbonyl (C=O) groups excluding carboxylic acids is 1. The van der Waals surface area contributed by atoms with Gasteiger partial charge in [-0.25, -0.2) is 4.79 Å². The largest absolute Gasteiger partial charge is 0.455 e. The molecule has 8 heteroatoms. The first kappa shape index (κ1) is 24.0. The molecule has 30 heavy (non-hydrogen) atoms. The van der Waals surface area contributed by atoms with Crippen LogP contribution in [0.2, 0.25) is 5.02 Å². The Labute approximate surface area is 182 Å². The minimum Gasteiger partial charge on any atom is -0.455 e. The molecule has 0 aliphatic carbocycles. The fraction of sp³-hybridized carbons (Fsp3) is 0.409. The van der Waals surface area contributed by atoms with Gasteiger partial charge in [-0.15, -0.1) is 0 Å². The molecule has 0 bridgehead atoms. The first-order chi connectivity index (χ1) is 14.3. The number of hydrogen-bond donors (Lipinski definition) is 2. The Kier molecular flexibility index (Phi) is 9.89. The van der Waals surface area contributed by atoms with Crippen molar-refractivity contribution in [2.24, 2.45) is 0 Å². The van der Waals surface area contributed by atoms with E-state index in [9.17, 15) is 9.90 Å². The number of halogens is 1. The molecule has 0 aromatic heterocycles. The van der Waals surface area contributed by atoms with Crippen LogP contribution in [-0.2, 0) is 9.47 Å². The number of rotatable bonds is 11. The highest BCUT2D eigenvalue weighted by Gasteiger charge is 2.16. The fourth-order valence-electron chi connectivity index (χ4n) is 2.53. The molecule has 0 aliphatic rings. The molecule has 2 N–H and O–H groups in total. The van der Waals surface area contributed by atoms with Gasteiger partial charge in [-0.05, 0) is 44.2 Å². The summed E-state index contributed by atoms with van der Waals surface area (Å²) in [4.78, 5) is 13.9. The molecule has 2 amide bonds. The summed E-state index contributed by atoms with van der Waals surface area (Å²) in [6.45, 7) is 4.94. The van der Waals surface area contributed by atoms with Crippen LogP contribution in [0, 0.1) is 0 Å². The van der Waals surface area contributed by atoms with Gasteiger partial charge in [0.05, 0.1) is 44.3 Å². The highest BCUT2D eigenvalue weighted by atomic mass is 35.5. The number of aliphatic hydroxyl groups is 1. The molecule has 164 valence electrons. The molecule has 1 unspecified atom stereocenters. The summed E-state index contributed by atoms with van der Waals surface area (Å²) in [5.41, 5.74) is 0.430. The van der Waals surface area contributed by atoms with E-state index in [0.29, 0.717) is 35.4 Å². The van der Waals surface area contributed by atoms with Gasteiger partial charge in [-0.1, -0.05) is 29.8 Å². The van der Waals surface area contributed by atoms with Gasteiger partial charge >= 0.3 is 6.03 Å². The second kappa shape index (κ2) is 12.4. The van der Waals surface area contributed by atoms with E-state index >= 15 is 0 Å². The monoisotopic (exact) mass is 436 g/mol. The van der Waals surface area contributed by atoms with Crippen molar-refractivity contribution in [1.29, 1.82) is 0 Å². The zero-order valence-electron chi connectivity index (χ0n) is 17.5. The van der Waals surface area contributed by atoms with Crippen molar-refractivity contribution in [3.63, 3.8) is 0 Å². The van der Waals surface area contributed by atoms with Gasteiger partial charge in [-0.3, -0.25) is 0 Å². The molecular formula is C22H29ClN2O5. The van der Waals surface area contributed by atoms with Crippen LogP contribution in [0.25, 0.3) is 0 Å². The minimum atomic E-state index is -0.820.